The van der Waals surface area contributed by atoms with E-state index in [9.17, 15) is 4.21 Å². The van der Waals surface area contributed by atoms with E-state index in [1.807, 2.05) is 18.2 Å². The SMILES string of the molecule is Brc1ccc(-c2ccc(Br)cc2)cc1.CCCCCCCCS(=O)C(C)Cc1ccc2c(c1)OCO2. The van der Waals surface area contributed by atoms with Gasteiger partial charge in [-0.15, -0.1) is 0 Å². The zero-order chi connectivity index (χ0) is 25.8. The molecule has 2 atom stereocenters. The summed E-state index contributed by atoms with van der Waals surface area (Å²) < 4.78 is 25.3. The van der Waals surface area contributed by atoms with Crippen LogP contribution in [0.3, 0.4) is 0 Å². The molecule has 3 nitrogen and oxygen atoms in total. The Kier molecular flexibility index (Phi) is 12.5. The lowest BCUT2D eigenvalue weighted by Crippen LogP contribution is -2.16. The van der Waals surface area contributed by atoms with Gasteiger partial charge in [0.2, 0.25) is 6.79 Å². The minimum atomic E-state index is -0.743. The van der Waals surface area contributed by atoms with E-state index in [4.69, 9.17) is 9.47 Å². The number of halogens is 2. The van der Waals surface area contributed by atoms with Gasteiger partial charge in [-0.2, -0.15) is 0 Å². The highest BCUT2D eigenvalue weighted by molar-refractivity contribution is 9.10. The molecule has 0 fully saturated rings. The maximum atomic E-state index is 12.3. The van der Waals surface area contributed by atoms with Crippen molar-refractivity contribution in [3.63, 3.8) is 0 Å². The summed E-state index contributed by atoms with van der Waals surface area (Å²) in [4.78, 5) is 0. The van der Waals surface area contributed by atoms with E-state index in [1.165, 1.54) is 48.8 Å². The number of rotatable bonds is 11. The molecule has 0 spiro atoms. The molecule has 0 saturated carbocycles. The summed E-state index contributed by atoms with van der Waals surface area (Å²) in [5, 5.41) is 0.191. The van der Waals surface area contributed by atoms with Gasteiger partial charge in [-0.1, -0.05) is 108 Å². The van der Waals surface area contributed by atoms with Crippen LogP contribution >= 0.6 is 31.9 Å². The van der Waals surface area contributed by atoms with Crippen molar-refractivity contribution in [3.05, 3.63) is 81.2 Å². The minimum Gasteiger partial charge on any atom is -0.454 e. The molecule has 1 aliphatic rings. The summed E-state index contributed by atoms with van der Waals surface area (Å²) >= 11 is 6.84. The summed E-state index contributed by atoms with van der Waals surface area (Å²) in [6, 6.07) is 22.6. The molecule has 3 aromatic rings. The largest absolute Gasteiger partial charge is 0.454 e. The van der Waals surface area contributed by atoms with Crippen molar-refractivity contribution in [2.45, 2.75) is 64.0 Å². The second kappa shape index (κ2) is 15.6. The van der Waals surface area contributed by atoms with E-state index in [0.717, 1.165) is 39.0 Å². The second-order valence-electron chi connectivity index (χ2n) is 9.07. The normalized spacial score (nSPS) is 13.6. The molecule has 0 saturated heterocycles. The van der Waals surface area contributed by atoms with Crippen LogP contribution in [-0.2, 0) is 17.2 Å². The van der Waals surface area contributed by atoms with Gasteiger partial charge in [0.25, 0.3) is 0 Å². The van der Waals surface area contributed by atoms with Gasteiger partial charge in [0.15, 0.2) is 11.5 Å². The van der Waals surface area contributed by atoms with Crippen molar-refractivity contribution in [1.29, 1.82) is 0 Å². The quantitative estimate of drug-likeness (QED) is 0.197. The Morgan fingerprint density at radius 1 is 0.778 bits per heavy atom. The van der Waals surface area contributed by atoms with Crippen molar-refractivity contribution in [1.82, 2.24) is 0 Å². The lowest BCUT2D eigenvalue weighted by molar-refractivity contribution is 0.174. The highest BCUT2D eigenvalue weighted by Crippen LogP contribution is 2.33. The fourth-order valence-corrected chi connectivity index (χ4v) is 5.80. The van der Waals surface area contributed by atoms with Gasteiger partial charge in [-0.25, -0.2) is 0 Å². The fraction of sp³-hybridized carbons (Fsp3) is 0.400. The highest BCUT2D eigenvalue weighted by atomic mass is 79.9. The van der Waals surface area contributed by atoms with Gasteiger partial charge in [0.1, 0.15) is 0 Å². The molecular formula is C30H36Br2O3S. The zero-order valence-electron chi connectivity index (χ0n) is 21.2. The van der Waals surface area contributed by atoms with Crippen LogP contribution in [-0.4, -0.2) is 22.0 Å². The van der Waals surface area contributed by atoms with Crippen molar-refractivity contribution >= 4 is 42.7 Å². The Labute approximate surface area is 235 Å². The molecule has 0 aliphatic carbocycles. The molecular weight excluding hydrogens is 600 g/mol. The molecule has 194 valence electrons. The standard InChI is InChI=1S/C18H28O3S.C12H8Br2/c1-3-4-5-6-7-8-11-22(19)15(2)12-16-9-10-17-18(13-16)21-14-20-17;13-11-5-1-9(2-6-11)10-3-7-12(14)8-4-10/h9-10,13,15H,3-8,11-12,14H2,1-2H3;1-8H. The predicted molar refractivity (Wildman–Crippen MR) is 159 cm³/mol. The molecule has 0 radical (unpaired) electrons. The van der Waals surface area contributed by atoms with Gasteiger partial charge >= 0.3 is 0 Å². The third-order valence-electron chi connectivity index (χ3n) is 6.13. The molecule has 3 aromatic carbocycles. The van der Waals surface area contributed by atoms with Crippen molar-refractivity contribution < 1.29 is 13.7 Å². The predicted octanol–water partition coefficient (Wildman–Crippen LogP) is 9.33. The number of hydrogen-bond donors (Lipinski definition) is 0. The number of fused-ring (bicyclic) bond motifs is 1. The summed E-state index contributed by atoms with van der Waals surface area (Å²) in [5.41, 5.74) is 3.65. The maximum Gasteiger partial charge on any atom is 0.231 e. The summed E-state index contributed by atoms with van der Waals surface area (Å²) in [6.45, 7) is 4.61. The molecule has 2 unspecified atom stereocenters. The molecule has 36 heavy (non-hydrogen) atoms. The van der Waals surface area contributed by atoms with E-state index >= 15 is 0 Å². The van der Waals surface area contributed by atoms with Crippen molar-refractivity contribution in [2.24, 2.45) is 0 Å². The van der Waals surface area contributed by atoms with Crippen LogP contribution in [0.15, 0.2) is 75.7 Å². The first kappa shape index (κ1) is 28.9. The molecule has 1 aliphatic heterocycles. The fourth-order valence-electron chi connectivity index (χ4n) is 4.00. The van der Waals surface area contributed by atoms with Crippen LogP contribution < -0.4 is 9.47 Å². The van der Waals surface area contributed by atoms with E-state index < -0.39 is 10.8 Å². The Morgan fingerprint density at radius 2 is 1.33 bits per heavy atom. The molecule has 0 N–H and O–H groups in total. The van der Waals surface area contributed by atoms with Crippen LogP contribution in [0.4, 0.5) is 0 Å². The lowest BCUT2D eigenvalue weighted by Gasteiger charge is -2.12. The Morgan fingerprint density at radius 3 is 1.94 bits per heavy atom. The average molecular weight is 636 g/mol. The third-order valence-corrected chi connectivity index (χ3v) is 8.94. The summed E-state index contributed by atoms with van der Waals surface area (Å²) in [5.74, 6) is 2.45. The smallest absolute Gasteiger partial charge is 0.231 e. The lowest BCUT2D eigenvalue weighted by atomic mass is 10.1. The number of unbranched alkanes of at least 4 members (excludes halogenated alkanes) is 5. The van der Waals surface area contributed by atoms with E-state index in [0.29, 0.717) is 6.79 Å². The zero-order valence-corrected chi connectivity index (χ0v) is 25.2. The molecule has 0 aromatic heterocycles. The number of ether oxygens (including phenoxy) is 2. The van der Waals surface area contributed by atoms with Gasteiger partial charge in [-0.05, 0) is 65.9 Å². The topological polar surface area (TPSA) is 35.5 Å². The maximum absolute atomic E-state index is 12.3. The Balaban J connectivity index is 0.000000221. The molecule has 0 amide bonds. The van der Waals surface area contributed by atoms with Crippen LogP contribution in [0.2, 0.25) is 0 Å². The van der Waals surface area contributed by atoms with E-state index in [-0.39, 0.29) is 5.25 Å². The molecule has 6 heteroatoms. The molecule has 4 rings (SSSR count). The second-order valence-corrected chi connectivity index (χ2v) is 12.9. The van der Waals surface area contributed by atoms with Crippen LogP contribution in [0.1, 0.15) is 57.9 Å². The van der Waals surface area contributed by atoms with Gasteiger partial charge in [0.05, 0.1) is 0 Å². The molecule has 1 heterocycles. The number of hydrogen-bond acceptors (Lipinski definition) is 3. The van der Waals surface area contributed by atoms with Gasteiger partial charge < -0.3 is 9.47 Å². The highest BCUT2D eigenvalue weighted by Gasteiger charge is 2.16. The summed E-state index contributed by atoms with van der Waals surface area (Å²) in [7, 11) is -0.743. The average Bonchev–Trinajstić information content (AvgIpc) is 3.35. The van der Waals surface area contributed by atoms with Crippen molar-refractivity contribution in [3.8, 4) is 22.6 Å². The Bertz CT molecular complexity index is 1040. The first-order chi connectivity index (χ1) is 17.5. The van der Waals surface area contributed by atoms with E-state index in [1.54, 1.807) is 0 Å². The van der Waals surface area contributed by atoms with Gasteiger partial charge in [0, 0.05) is 30.7 Å². The molecule has 0 bridgehead atoms. The van der Waals surface area contributed by atoms with Crippen LogP contribution in [0.5, 0.6) is 11.5 Å². The Hall–Kier alpha value is -1.63. The summed E-state index contributed by atoms with van der Waals surface area (Å²) in [6.07, 6.45) is 8.32. The monoisotopic (exact) mass is 634 g/mol. The van der Waals surface area contributed by atoms with Gasteiger partial charge in [-0.3, -0.25) is 4.21 Å². The number of benzene rings is 3. The van der Waals surface area contributed by atoms with Crippen molar-refractivity contribution in [2.75, 3.05) is 12.5 Å². The van der Waals surface area contributed by atoms with Crippen LogP contribution in [0.25, 0.3) is 11.1 Å². The minimum absolute atomic E-state index is 0.191. The first-order valence-electron chi connectivity index (χ1n) is 12.7. The first-order valence-corrected chi connectivity index (χ1v) is 15.7. The van der Waals surface area contributed by atoms with Crippen LogP contribution in [0, 0.1) is 0 Å². The third kappa shape index (κ3) is 9.68. The van der Waals surface area contributed by atoms with E-state index in [2.05, 4.69) is 94.2 Å².